The molecule has 1 atom stereocenters. The summed E-state index contributed by atoms with van der Waals surface area (Å²) in [6.45, 7) is 5.45. The Morgan fingerprint density at radius 3 is 2.57 bits per heavy atom. The highest BCUT2D eigenvalue weighted by molar-refractivity contribution is 5.85. The summed E-state index contributed by atoms with van der Waals surface area (Å²) in [5.74, 6) is -1.06. The molecule has 0 saturated heterocycles. The molecular weight excluding hydrogens is 268 g/mol. The van der Waals surface area contributed by atoms with Crippen LogP contribution in [0.2, 0.25) is 0 Å². The SMILES string of the molecule is COC(=O)C(CNC(=O)C(C)(C)N)Cc1cccc(C)c1. The molecule has 3 N–H and O–H groups in total. The van der Waals surface area contributed by atoms with Crippen molar-refractivity contribution in [3.63, 3.8) is 0 Å². The number of nitrogens with one attached hydrogen (secondary N) is 1. The summed E-state index contributed by atoms with van der Waals surface area (Å²) < 4.78 is 4.81. The molecule has 0 spiro atoms. The summed E-state index contributed by atoms with van der Waals surface area (Å²) in [6.07, 6.45) is 0.514. The van der Waals surface area contributed by atoms with E-state index in [0.29, 0.717) is 6.42 Å². The zero-order chi connectivity index (χ0) is 16.0. The highest BCUT2D eigenvalue weighted by Gasteiger charge is 2.25. The van der Waals surface area contributed by atoms with Crippen molar-refractivity contribution in [3.8, 4) is 0 Å². The maximum Gasteiger partial charge on any atom is 0.310 e. The predicted molar refractivity (Wildman–Crippen MR) is 81.7 cm³/mol. The van der Waals surface area contributed by atoms with Crippen molar-refractivity contribution in [1.82, 2.24) is 5.32 Å². The number of aryl methyl sites for hydroxylation is 1. The fourth-order valence-corrected chi connectivity index (χ4v) is 1.97. The van der Waals surface area contributed by atoms with Crippen LogP contribution in [-0.2, 0) is 20.7 Å². The largest absolute Gasteiger partial charge is 0.469 e. The van der Waals surface area contributed by atoms with Crippen molar-refractivity contribution in [2.45, 2.75) is 32.7 Å². The molecule has 0 aliphatic carbocycles. The number of hydrogen-bond donors (Lipinski definition) is 2. The number of hydrogen-bond acceptors (Lipinski definition) is 4. The molecule has 1 amide bonds. The third-order valence-electron chi connectivity index (χ3n) is 3.19. The summed E-state index contributed by atoms with van der Waals surface area (Å²) in [5.41, 5.74) is 6.91. The lowest BCUT2D eigenvalue weighted by molar-refractivity contribution is -0.145. The molecule has 0 aliphatic rings. The van der Waals surface area contributed by atoms with Crippen LogP contribution in [0.4, 0.5) is 0 Å². The molecular formula is C16H24N2O3. The van der Waals surface area contributed by atoms with Gasteiger partial charge in [-0.15, -0.1) is 0 Å². The molecule has 0 aliphatic heterocycles. The minimum atomic E-state index is -0.968. The second-order valence-corrected chi connectivity index (χ2v) is 5.84. The lowest BCUT2D eigenvalue weighted by Crippen LogP contribution is -2.50. The lowest BCUT2D eigenvalue weighted by Gasteiger charge is -2.21. The van der Waals surface area contributed by atoms with E-state index in [0.717, 1.165) is 11.1 Å². The van der Waals surface area contributed by atoms with Crippen molar-refractivity contribution >= 4 is 11.9 Å². The Balaban J connectivity index is 2.73. The van der Waals surface area contributed by atoms with Crippen LogP contribution in [0.3, 0.4) is 0 Å². The summed E-state index contributed by atoms with van der Waals surface area (Å²) >= 11 is 0. The van der Waals surface area contributed by atoms with Gasteiger partial charge in [0.15, 0.2) is 0 Å². The van der Waals surface area contributed by atoms with Gasteiger partial charge in [0, 0.05) is 6.54 Å². The number of rotatable bonds is 6. The van der Waals surface area contributed by atoms with Crippen molar-refractivity contribution in [3.05, 3.63) is 35.4 Å². The number of methoxy groups -OCH3 is 1. The maximum atomic E-state index is 11.9. The molecule has 0 saturated carbocycles. The van der Waals surface area contributed by atoms with Crippen LogP contribution in [0, 0.1) is 12.8 Å². The molecule has 0 bridgehead atoms. The molecule has 5 nitrogen and oxygen atoms in total. The van der Waals surface area contributed by atoms with Crippen LogP contribution in [0.15, 0.2) is 24.3 Å². The van der Waals surface area contributed by atoms with E-state index in [1.165, 1.54) is 7.11 Å². The smallest absolute Gasteiger partial charge is 0.310 e. The van der Waals surface area contributed by atoms with E-state index in [2.05, 4.69) is 5.32 Å². The number of benzene rings is 1. The van der Waals surface area contributed by atoms with Crippen LogP contribution >= 0.6 is 0 Å². The first-order valence-corrected chi connectivity index (χ1v) is 6.94. The summed E-state index contributed by atoms with van der Waals surface area (Å²) in [6, 6.07) is 7.91. The number of ether oxygens (including phenoxy) is 1. The fraction of sp³-hybridized carbons (Fsp3) is 0.500. The van der Waals surface area contributed by atoms with Gasteiger partial charge in [-0.2, -0.15) is 0 Å². The van der Waals surface area contributed by atoms with E-state index >= 15 is 0 Å². The van der Waals surface area contributed by atoms with E-state index in [-0.39, 0.29) is 18.4 Å². The van der Waals surface area contributed by atoms with E-state index in [1.807, 2.05) is 31.2 Å². The number of carbonyl (C=O) groups is 2. The summed E-state index contributed by atoms with van der Waals surface area (Å²) in [4.78, 5) is 23.7. The van der Waals surface area contributed by atoms with Gasteiger partial charge in [0.2, 0.25) is 5.91 Å². The van der Waals surface area contributed by atoms with Gasteiger partial charge in [0.05, 0.1) is 18.6 Å². The van der Waals surface area contributed by atoms with Gasteiger partial charge in [-0.05, 0) is 32.8 Å². The normalized spacial score (nSPS) is 12.6. The molecule has 1 aromatic carbocycles. The molecule has 1 unspecified atom stereocenters. The third-order valence-corrected chi connectivity index (χ3v) is 3.19. The Morgan fingerprint density at radius 2 is 2.05 bits per heavy atom. The molecule has 1 rings (SSSR count). The van der Waals surface area contributed by atoms with Crippen LogP contribution in [0.5, 0.6) is 0 Å². The Labute approximate surface area is 125 Å². The third kappa shape index (κ3) is 5.55. The van der Waals surface area contributed by atoms with E-state index in [1.54, 1.807) is 13.8 Å². The van der Waals surface area contributed by atoms with Gasteiger partial charge in [0.25, 0.3) is 0 Å². The number of esters is 1. The molecule has 1 aromatic rings. The number of amides is 1. The highest BCUT2D eigenvalue weighted by Crippen LogP contribution is 2.12. The lowest BCUT2D eigenvalue weighted by atomic mass is 9.97. The molecule has 116 valence electrons. The second-order valence-electron chi connectivity index (χ2n) is 5.84. The van der Waals surface area contributed by atoms with E-state index in [9.17, 15) is 9.59 Å². The summed E-state index contributed by atoms with van der Waals surface area (Å²) in [7, 11) is 1.35. The van der Waals surface area contributed by atoms with E-state index < -0.39 is 11.5 Å². The van der Waals surface area contributed by atoms with Crippen molar-refractivity contribution < 1.29 is 14.3 Å². The van der Waals surface area contributed by atoms with Crippen molar-refractivity contribution in [1.29, 1.82) is 0 Å². The van der Waals surface area contributed by atoms with Gasteiger partial charge in [-0.25, -0.2) is 0 Å². The highest BCUT2D eigenvalue weighted by atomic mass is 16.5. The Hall–Kier alpha value is -1.88. The Bertz CT molecular complexity index is 506. The molecule has 0 fully saturated rings. The van der Waals surface area contributed by atoms with Gasteiger partial charge in [-0.3, -0.25) is 9.59 Å². The second kappa shape index (κ2) is 7.22. The first-order chi connectivity index (χ1) is 9.74. The average Bonchev–Trinajstić information content (AvgIpc) is 2.41. The van der Waals surface area contributed by atoms with Gasteiger partial charge < -0.3 is 15.8 Å². The average molecular weight is 292 g/mol. The quantitative estimate of drug-likeness (QED) is 0.771. The predicted octanol–water partition coefficient (Wildman–Crippen LogP) is 1.18. The standard InChI is InChI=1S/C16H24N2O3/c1-11-6-5-7-12(8-11)9-13(14(19)21-4)10-18-15(20)16(2,3)17/h5-8,13H,9-10,17H2,1-4H3,(H,18,20). The van der Waals surface area contributed by atoms with Crippen LogP contribution < -0.4 is 11.1 Å². The zero-order valence-electron chi connectivity index (χ0n) is 13.1. The molecule has 0 heterocycles. The molecule has 5 heteroatoms. The van der Waals surface area contributed by atoms with Gasteiger partial charge in [0.1, 0.15) is 0 Å². The van der Waals surface area contributed by atoms with Gasteiger partial charge >= 0.3 is 5.97 Å². The monoisotopic (exact) mass is 292 g/mol. The Morgan fingerprint density at radius 1 is 1.38 bits per heavy atom. The Kier molecular flexibility index (Phi) is 5.90. The number of carbonyl (C=O) groups excluding carboxylic acids is 2. The first-order valence-electron chi connectivity index (χ1n) is 6.94. The molecule has 0 radical (unpaired) electrons. The first kappa shape index (κ1) is 17.2. The van der Waals surface area contributed by atoms with Gasteiger partial charge in [-0.1, -0.05) is 29.8 Å². The number of nitrogens with two attached hydrogens (primary N) is 1. The summed E-state index contributed by atoms with van der Waals surface area (Å²) in [5, 5.41) is 2.71. The van der Waals surface area contributed by atoms with Crippen LogP contribution in [-0.4, -0.2) is 31.1 Å². The van der Waals surface area contributed by atoms with Crippen molar-refractivity contribution in [2.75, 3.05) is 13.7 Å². The minimum absolute atomic E-state index is 0.208. The fourth-order valence-electron chi connectivity index (χ4n) is 1.97. The minimum Gasteiger partial charge on any atom is -0.469 e. The van der Waals surface area contributed by atoms with Crippen molar-refractivity contribution in [2.24, 2.45) is 11.7 Å². The van der Waals surface area contributed by atoms with E-state index in [4.69, 9.17) is 10.5 Å². The molecule has 21 heavy (non-hydrogen) atoms. The zero-order valence-corrected chi connectivity index (χ0v) is 13.1. The topological polar surface area (TPSA) is 81.4 Å². The maximum absolute atomic E-state index is 11.9. The van der Waals surface area contributed by atoms with Crippen LogP contribution in [0.1, 0.15) is 25.0 Å². The van der Waals surface area contributed by atoms with Crippen LogP contribution in [0.25, 0.3) is 0 Å². The molecule has 0 aromatic heterocycles.